The lowest BCUT2D eigenvalue weighted by Gasteiger charge is -2.41. The molecule has 2 amide bonds. The zero-order valence-electron chi connectivity index (χ0n) is 15.0. The monoisotopic (exact) mass is 365 g/mol. The number of carbonyl (C=O) groups excluding carboxylic acids is 2. The third kappa shape index (κ3) is 4.36. The van der Waals surface area contributed by atoms with Crippen LogP contribution in [0.2, 0.25) is 0 Å². The van der Waals surface area contributed by atoms with Crippen LogP contribution < -0.4 is 5.32 Å². The second-order valence-electron chi connectivity index (χ2n) is 6.87. The van der Waals surface area contributed by atoms with Crippen LogP contribution in [0.25, 0.3) is 0 Å². The molecule has 1 unspecified atom stereocenters. The third-order valence-corrected chi connectivity index (χ3v) is 6.21. The smallest absolute Gasteiger partial charge is 0.243 e. The van der Waals surface area contributed by atoms with Crippen molar-refractivity contribution in [2.75, 3.05) is 25.0 Å². The van der Waals surface area contributed by atoms with Gasteiger partial charge in [-0.2, -0.15) is 0 Å². The lowest BCUT2D eigenvalue weighted by molar-refractivity contribution is -0.141. The van der Waals surface area contributed by atoms with Crippen molar-refractivity contribution in [3.05, 3.63) is 5.01 Å². The summed E-state index contributed by atoms with van der Waals surface area (Å²) in [7, 11) is 0. The van der Waals surface area contributed by atoms with Gasteiger partial charge in [0.2, 0.25) is 16.9 Å². The molecular formula is C17H27N5O2S. The topological polar surface area (TPSA) is 78.4 Å². The molecule has 8 heteroatoms. The fourth-order valence-corrected chi connectivity index (χ4v) is 4.32. The lowest BCUT2D eigenvalue weighted by atomic mass is 9.93. The average molecular weight is 366 g/mol. The molecule has 3 rings (SSSR count). The van der Waals surface area contributed by atoms with Crippen LogP contribution in [-0.4, -0.2) is 63.5 Å². The molecule has 1 N–H and O–H groups in total. The summed E-state index contributed by atoms with van der Waals surface area (Å²) in [6, 6.07) is 0.0489. The molecule has 1 aliphatic carbocycles. The highest BCUT2D eigenvalue weighted by molar-refractivity contribution is 7.15. The molecule has 0 aromatic carbocycles. The third-order valence-electron chi connectivity index (χ3n) is 5.23. The molecule has 138 valence electrons. The van der Waals surface area contributed by atoms with E-state index in [4.69, 9.17) is 0 Å². The van der Waals surface area contributed by atoms with Crippen LogP contribution >= 0.6 is 11.3 Å². The SMILES string of the molecule is CCc1nnc(NC(=O)C(C)N2CCN(C3CCCCC3)C(=O)C2)s1. The van der Waals surface area contributed by atoms with Gasteiger partial charge in [0, 0.05) is 19.1 Å². The summed E-state index contributed by atoms with van der Waals surface area (Å²) >= 11 is 1.40. The molecule has 25 heavy (non-hydrogen) atoms. The van der Waals surface area contributed by atoms with Crippen LogP contribution in [0.4, 0.5) is 5.13 Å². The minimum absolute atomic E-state index is 0.127. The quantitative estimate of drug-likeness (QED) is 0.862. The Labute approximate surface area is 152 Å². The fourth-order valence-electron chi connectivity index (χ4n) is 3.64. The number of amides is 2. The van der Waals surface area contributed by atoms with E-state index in [1.54, 1.807) is 0 Å². The number of anilines is 1. The first-order chi connectivity index (χ1) is 12.1. The molecule has 1 saturated carbocycles. The van der Waals surface area contributed by atoms with Gasteiger partial charge < -0.3 is 4.90 Å². The number of aryl methyl sites for hydroxylation is 1. The van der Waals surface area contributed by atoms with Crippen LogP contribution in [-0.2, 0) is 16.0 Å². The van der Waals surface area contributed by atoms with Crippen molar-refractivity contribution in [1.29, 1.82) is 0 Å². The predicted molar refractivity (Wildman–Crippen MR) is 97.5 cm³/mol. The Morgan fingerprint density at radius 3 is 2.68 bits per heavy atom. The van der Waals surface area contributed by atoms with Gasteiger partial charge in [-0.25, -0.2) is 0 Å². The highest BCUT2D eigenvalue weighted by Crippen LogP contribution is 2.24. The molecule has 1 aromatic heterocycles. The van der Waals surface area contributed by atoms with Crippen molar-refractivity contribution in [3.63, 3.8) is 0 Å². The number of piperazine rings is 1. The normalized spacial score (nSPS) is 21.4. The Bertz CT molecular complexity index is 614. The molecule has 1 atom stereocenters. The van der Waals surface area contributed by atoms with E-state index in [2.05, 4.69) is 15.5 Å². The lowest BCUT2D eigenvalue weighted by Crippen LogP contribution is -2.58. The first-order valence-electron chi connectivity index (χ1n) is 9.25. The molecular weight excluding hydrogens is 338 g/mol. The van der Waals surface area contributed by atoms with Crippen molar-refractivity contribution in [3.8, 4) is 0 Å². The van der Waals surface area contributed by atoms with Crippen LogP contribution in [0.1, 0.15) is 51.0 Å². The Balaban J connectivity index is 1.53. The van der Waals surface area contributed by atoms with Gasteiger partial charge in [0.25, 0.3) is 0 Å². The van der Waals surface area contributed by atoms with Crippen LogP contribution in [0.5, 0.6) is 0 Å². The number of rotatable bonds is 5. The minimum atomic E-state index is -0.355. The first kappa shape index (κ1) is 18.3. The Kier molecular flexibility index (Phi) is 6.01. The summed E-state index contributed by atoms with van der Waals surface area (Å²) < 4.78 is 0. The van der Waals surface area contributed by atoms with E-state index in [1.807, 2.05) is 23.6 Å². The Hall–Kier alpha value is -1.54. The Morgan fingerprint density at radius 2 is 2.04 bits per heavy atom. The summed E-state index contributed by atoms with van der Waals surface area (Å²) in [5.41, 5.74) is 0. The van der Waals surface area contributed by atoms with Gasteiger partial charge in [-0.15, -0.1) is 10.2 Å². The van der Waals surface area contributed by atoms with E-state index in [9.17, 15) is 9.59 Å². The van der Waals surface area contributed by atoms with E-state index in [-0.39, 0.29) is 17.9 Å². The molecule has 1 aromatic rings. The van der Waals surface area contributed by atoms with Crippen molar-refractivity contribution >= 4 is 28.3 Å². The zero-order valence-corrected chi connectivity index (χ0v) is 15.8. The van der Waals surface area contributed by atoms with Crippen molar-refractivity contribution in [1.82, 2.24) is 20.0 Å². The summed E-state index contributed by atoms with van der Waals surface area (Å²) in [4.78, 5) is 29.0. The van der Waals surface area contributed by atoms with Crippen molar-refractivity contribution in [2.24, 2.45) is 0 Å². The van der Waals surface area contributed by atoms with E-state index in [1.165, 1.54) is 30.6 Å². The van der Waals surface area contributed by atoms with E-state index >= 15 is 0 Å². The van der Waals surface area contributed by atoms with Gasteiger partial charge in [-0.05, 0) is 26.2 Å². The molecule has 0 radical (unpaired) electrons. The zero-order chi connectivity index (χ0) is 17.8. The van der Waals surface area contributed by atoms with Crippen LogP contribution in [0, 0.1) is 0 Å². The second-order valence-corrected chi connectivity index (χ2v) is 7.93. The molecule has 7 nitrogen and oxygen atoms in total. The van der Waals surface area contributed by atoms with Crippen molar-refractivity contribution < 1.29 is 9.59 Å². The molecule has 1 aliphatic heterocycles. The Morgan fingerprint density at radius 1 is 1.28 bits per heavy atom. The second kappa shape index (κ2) is 8.23. The van der Waals surface area contributed by atoms with E-state index in [0.29, 0.717) is 17.7 Å². The summed E-state index contributed by atoms with van der Waals surface area (Å²) in [5.74, 6) is 0.0275. The van der Waals surface area contributed by atoms with E-state index < -0.39 is 0 Å². The van der Waals surface area contributed by atoms with Gasteiger partial charge >= 0.3 is 0 Å². The number of carbonyl (C=O) groups is 2. The molecule has 1 saturated heterocycles. The van der Waals surface area contributed by atoms with Gasteiger partial charge in [0.15, 0.2) is 0 Å². The molecule has 2 heterocycles. The summed E-state index contributed by atoms with van der Waals surface area (Å²) in [5, 5.41) is 12.3. The maximum absolute atomic E-state index is 12.6. The highest BCUT2D eigenvalue weighted by atomic mass is 32.1. The largest absolute Gasteiger partial charge is 0.337 e. The van der Waals surface area contributed by atoms with E-state index in [0.717, 1.165) is 37.4 Å². The van der Waals surface area contributed by atoms with Crippen LogP contribution in [0.15, 0.2) is 0 Å². The highest BCUT2D eigenvalue weighted by Gasteiger charge is 2.34. The maximum atomic E-state index is 12.6. The molecule has 0 bridgehead atoms. The van der Waals surface area contributed by atoms with Crippen LogP contribution in [0.3, 0.4) is 0 Å². The number of nitrogens with zero attached hydrogens (tertiary/aromatic N) is 4. The standard InChI is InChI=1S/C17H27N5O2S/c1-3-14-19-20-17(25-14)18-16(24)12(2)21-9-10-22(15(23)11-21)13-7-5-4-6-8-13/h12-13H,3-11H2,1-2H3,(H,18,20,24). The fraction of sp³-hybridized carbons (Fsp3) is 0.765. The number of hydrogen-bond donors (Lipinski definition) is 1. The van der Waals surface area contributed by atoms with Gasteiger partial charge in [-0.3, -0.25) is 19.8 Å². The minimum Gasteiger partial charge on any atom is -0.337 e. The number of nitrogens with one attached hydrogen (secondary N) is 1. The van der Waals surface area contributed by atoms with Gasteiger partial charge in [0.1, 0.15) is 5.01 Å². The number of aromatic nitrogens is 2. The first-order valence-corrected chi connectivity index (χ1v) is 10.1. The summed E-state index contributed by atoms with van der Waals surface area (Å²) in [6.07, 6.45) is 6.78. The number of hydrogen-bond acceptors (Lipinski definition) is 6. The van der Waals surface area contributed by atoms with Gasteiger partial charge in [-0.1, -0.05) is 37.5 Å². The maximum Gasteiger partial charge on any atom is 0.243 e. The summed E-state index contributed by atoms with van der Waals surface area (Å²) in [6.45, 7) is 5.64. The average Bonchev–Trinajstić information content (AvgIpc) is 3.09. The molecule has 2 fully saturated rings. The van der Waals surface area contributed by atoms with Crippen molar-refractivity contribution in [2.45, 2.75) is 64.5 Å². The predicted octanol–water partition coefficient (Wildman–Crippen LogP) is 1.90. The molecule has 2 aliphatic rings. The molecule has 0 spiro atoms. The van der Waals surface area contributed by atoms with Gasteiger partial charge in [0.05, 0.1) is 12.6 Å².